The Hall–Kier alpha value is -7.62. The lowest BCUT2D eigenvalue weighted by Crippen LogP contribution is -2.06. The predicted molar refractivity (Wildman–Crippen MR) is 272 cm³/mol. The molecule has 0 aliphatic rings. The molecule has 0 fully saturated rings. The van der Waals surface area contributed by atoms with Gasteiger partial charge < -0.3 is 9.13 Å². The molecule has 0 aliphatic heterocycles. The minimum Gasteiger partial charge on any atom is -0.307 e. The van der Waals surface area contributed by atoms with Crippen LogP contribution in [0.1, 0.15) is 60.6 Å². The molecule has 8 aromatic carbocycles. The SMILES string of the molecule is C=CCC.CC.Cc1ccc(-c2ccc3c(c2)c2ccccc2n3-c2cc(C#N)c(-c3cccc(C(F)(F)F)c3)cc2-n2c3ccccc3c3cc(-c4ccc(C)cc4C)ccc32)c(C)c1. The van der Waals surface area contributed by atoms with Crippen molar-refractivity contribution in [3.63, 3.8) is 0 Å². The van der Waals surface area contributed by atoms with Crippen molar-refractivity contribution < 1.29 is 13.2 Å². The Labute approximate surface area is 385 Å². The number of aromatic nitrogens is 2. The summed E-state index contributed by atoms with van der Waals surface area (Å²) in [7, 11) is 0. The largest absolute Gasteiger partial charge is 0.416 e. The number of hydrogen-bond donors (Lipinski definition) is 0. The van der Waals surface area contributed by atoms with Crippen molar-refractivity contribution in [3.8, 4) is 50.8 Å². The van der Waals surface area contributed by atoms with Crippen LogP contribution in [0.2, 0.25) is 0 Å². The van der Waals surface area contributed by atoms with E-state index in [4.69, 9.17) is 0 Å². The minimum absolute atomic E-state index is 0.267. The lowest BCUT2D eigenvalue weighted by Gasteiger charge is -2.20. The summed E-state index contributed by atoms with van der Waals surface area (Å²) in [5.41, 5.74) is 14.7. The van der Waals surface area contributed by atoms with Gasteiger partial charge in [-0.3, -0.25) is 0 Å². The van der Waals surface area contributed by atoms with Gasteiger partial charge in [0.25, 0.3) is 0 Å². The van der Waals surface area contributed by atoms with Gasteiger partial charge in [-0.15, -0.1) is 6.58 Å². The normalized spacial score (nSPS) is 11.3. The molecular formula is C60H52F3N3. The van der Waals surface area contributed by atoms with E-state index in [1.165, 1.54) is 28.3 Å². The molecule has 0 spiro atoms. The molecule has 0 bridgehead atoms. The summed E-state index contributed by atoms with van der Waals surface area (Å²) >= 11 is 0. The molecule has 0 saturated heterocycles. The molecule has 66 heavy (non-hydrogen) atoms. The van der Waals surface area contributed by atoms with Gasteiger partial charge in [-0.25, -0.2) is 0 Å². The molecule has 2 aromatic heterocycles. The van der Waals surface area contributed by atoms with Crippen LogP contribution < -0.4 is 0 Å². The van der Waals surface area contributed by atoms with Gasteiger partial charge in [-0.05, 0) is 134 Å². The van der Waals surface area contributed by atoms with Crippen molar-refractivity contribution in [2.75, 3.05) is 0 Å². The highest BCUT2D eigenvalue weighted by atomic mass is 19.4. The second kappa shape index (κ2) is 18.5. The Morgan fingerprint density at radius 2 is 0.970 bits per heavy atom. The van der Waals surface area contributed by atoms with E-state index in [1.54, 1.807) is 6.07 Å². The predicted octanol–water partition coefficient (Wildman–Crippen LogP) is 17.6. The average molecular weight is 872 g/mol. The van der Waals surface area contributed by atoms with Gasteiger partial charge in [0.1, 0.15) is 0 Å². The number of hydrogen-bond acceptors (Lipinski definition) is 1. The van der Waals surface area contributed by atoms with E-state index in [-0.39, 0.29) is 5.56 Å². The summed E-state index contributed by atoms with van der Waals surface area (Å²) in [6.07, 6.45) is -1.59. The second-order valence-corrected chi connectivity index (χ2v) is 16.6. The van der Waals surface area contributed by atoms with Crippen molar-refractivity contribution in [1.82, 2.24) is 9.13 Å². The Kier molecular flexibility index (Phi) is 12.6. The van der Waals surface area contributed by atoms with Crippen molar-refractivity contribution in [2.24, 2.45) is 0 Å². The van der Waals surface area contributed by atoms with E-state index >= 15 is 0 Å². The summed E-state index contributed by atoms with van der Waals surface area (Å²) in [6.45, 7) is 18.0. The lowest BCUT2D eigenvalue weighted by atomic mass is 9.96. The van der Waals surface area contributed by atoms with Crippen LogP contribution in [0, 0.1) is 39.0 Å². The highest BCUT2D eigenvalue weighted by Crippen LogP contribution is 2.43. The average Bonchev–Trinajstić information content (AvgIpc) is 3.83. The van der Waals surface area contributed by atoms with Crippen LogP contribution in [0.3, 0.4) is 0 Å². The standard InChI is InChI=1S/C54H38F3N3.C4H8.C2H6/c1-32-16-20-41(34(3)24-32)37-18-22-50-46(27-37)43-12-5-7-14-48(43)59(50)52-29-39(31-58)45(36-10-9-11-40(26-36)54(55,56)57)30-53(52)60-49-15-8-6-13-44(49)47-28-38(19-23-51(47)60)42-21-17-33(2)25-35(42)4;1-3-4-2;1-2/h5-30H,1-4H3;3H,1,4H2,2H3;1-2H3. The maximum Gasteiger partial charge on any atom is 0.416 e. The number of fused-ring (bicyclic) bond motifs is 6. The summed E-state index contributed by atoms with van der Waals surface area (Å²) in [5, 5.41) is 15.0. The molecule has 3 nitrogen and oxygen atoms in total. The van der Waals surface area contributed by atoms with Crippen LogP contribution in [0.25, 0.3) is 88.4 Å². The Morgan fingerprint density at radius 1 is 0.515 bits per heavy atom. The monoisotopic (exact) mass is 871 g/mol. The first kappa shape index (κ1) is 45.0. The van der Waals surface area contributed by atoms with E-state index in [9.17, 15) is 18.4 Å². The number of aryl methyl sites for hydroxylation is 4. The van der Waals surface area contributed by atoms with Crippen LogP contribution in [0.5, 0.6) is 0 Å². The fraction of sp³-hybridized carbons (Fsp3) is 0.150. The molecule has 0 radical (unpaired) electrons. The maximum absolute atomic E-state index is 14.2. The first-order valence-corrected chi connectivity index (χ1v) is 22.5. The van der Waals surface area contributed by atoms with Gasteiger partial charge in [0.15, 0.2) is 0 Å². The van der Waals surface area contributed by atoms with Crippen LogP contribution in [-0.2, 0) is 6.18 Å². The molecule has 0 N–H and O–H groups in total. The van der Waals surface area contributed by atoms with Crippen LogP contribution in [0.4, 0.5) is 13.2 Å². The van der Waals surface area contributed by atoms with E-state index in [0.717, 1.165) is 95.8 Å². The van der Waals surface area contributed by atoms with Crippen LogP contribution >= 0.6 is 0 Å². The fourth-order valence-electron chi connectivity index (χ4n) is 9.20. The van der Waals surface area contributed by atoms with Gasteiger partial charge in [0, 0.05) is 27.1 Å². The zero-order valence-electron chi connectivity index (χ0n) is 38.5. The second-order valence-electron chi connectivity index (χ2n) is 16.6. The summed E-state index contributed by atoms with van der Waals surface area (Å²) in [5.74, 6) is 0. The Morgan fingerprint density at radius 3 is 1.42 bits per heavy atom. The van der Waals surface area contributed by atoms with Gasteiger partial charge >= 0.3 is 6.18 Å². The van der Waals surface area contributed by atoms with Crippen LogP contribution in [-0.4, -0.2) is 9.13 Å². The molecule has 0 aliphatic carbocycles. The van der Waals surface area contributed by atoms with Crippen LogP contribution in [0.15, 0.2) is 170 Å². The third kappa shape index (κ3) is 8.18. The molecule has 0 amide bonds. The van der Waals surface area contributed by atoms with Gasteiger partial charge in [-0.1, -0.05) is 135 Å². The number of halogens is 3. The Balaban J connectivity index is 0.000000938. The van der Waals surface area contributed by atoms with Gasteiger partial charge in [-0.2, -0.15) is 18.4 Å². The molecule has 0 atom stereocenters. The number of para-hydroxylation sites is 2. The summed E-state index contributed by atoms with van der Waals surface area (Å²) in [6, 6.07) is 53.9. The highest BCUT2D eigenvalue weighted by molar-refractivity contribution is 6.13. The smallest absolute Gasteiger partial charge is 0.307 e. The molecule has 328 valence electrons. The first-order chi connectivity index (χ1) is 31.9. The molecule has 0 unspecified atom stereocenters. The number of rotatable bonds is 6. The molecular weight excluding hydrogens is 820 g/mol. The number of nitrogens with zero attached hydrogens (tertiary/aromatic N) is 3. The number of allylic oxidation sites excluding steroid dienone is 1. The van der Waals surface area contributed by atoms with Gasteiger partial charge in [0.2, 0.25) is 0 Å². The van der Waals surface area contributed by atoms with E-state index < -0.39 is 11.7 Å². The van der Waals surface area contributed by atoms with Crippen molar-refractivity contribution in [2.45, 2.75) is 61.1 Å². The quantitative estimate of drug-likeness (QED) is 0.153. The fourth-order valence-corrected chi connectivity index (χ4v) is 9.20. The molecule has 0 saturated carbocycles. The van der Waals surface area contributed by atoms with Crippen molar-refractivity contribution in [3.05, 3.63) is 204 Å². The third-order valence-corrected chi connectivity index (χ3v) is 12.2. The summed E-state index contributed by atoms with van der Waals surface area (Å²) < 4.78 is 46.9. The third-order valence-electron chi connectivity index (χ3n) is 12.2. The van der Waals surface area contributed by atoms with Crippen molar-refractivity contribution >= 4 is 43.6 Å². The molecule has 10 rings (SSSR count). The zero-order valence-corrected chi connectivity index (χ0v) is 38.5. The minimum atomic E-state index is -4.55. The molecule has 10 aromatic rings. The van der Waals surface area contributed by atoms with Gasteiger partial charge in [0.05, 0.1) is 50.6 Å². The number of benzene rings is 8. The molecule has 6 heteroatoms. The van der Waals surface area contributed by atoms with E-state index in [1.807, 2.05) is 56.3 Å². The Bertz CT molecular complexity index is 3500. The zero-order chi connectivity index (χ0) is 46.9. The summed E-state index contributed by atoms with van der Waals surface area (Å²) in [4.78, 5) is 0. The highest BCUT2D eigenvalue weighted by Gasteiger charge is 2.31. The van der Waals surface area contributed by atoms with Crippen molar-refractivity contribution in [1.29, 1.82) is 5.26 Å². The first-order valence-electron chi connectivity index (χ1n) is 22.5. The van der Waals surface area contributed by atoms with E-state index in [2.05, 4.69) is 153 Å². The number of alkyl halides is 3. The molecule has 2 heterocycles. The topological polar surface area (TPSA) is 33.6 Å². The maximum atomic E-state index is 14.2. The number of nitriles is 1. The van der Waals surface area contributed by atoms with E-state index in [0.29, 0.717) is 11.1 Å². The lowest BCUT2D eigenvalue weighted by molar-refractivity contribution is -0.137.